The zero-order valence-corrected chi connectivity index (χ0v) is 21.1. The highest BCUT2D eigenvalue weighted by atomic mass is 32.2. The van der Waals surface area contributed by atoms with Crippen LogP contribution in [0.1, 0.15) is 47.0 Å². The monoisotopic (exact) mass is 506 g/mol. The Kier molecular flexibility index (Phi) is 7.95. The lowest BCUT2D eigenvalue weighted by Gasteiger charge is -2.27. The number of thiophene rings is 1. The van der Waals surface area contributed by atoms with E-state index < -0.39 is 11.2 Å². The van der Waals surface area contributed by atoms with Gasteiger partial charge in [0.1, 0.15) is 15.3 Å². The summed E-state index contributed by atoms with van der Waals surface area (Å²) in [4.78, 5) is 46.5. The molecule has 1 aliphatic carbocycles. The van der Waals surface area contributed by atoms with Crippen LogP contribution in [-0.2, 0) is 31.9 Å². The van der Waals surface area contributed by atoms with Crippen LogP contribution >= 0.6 is 23.1 Å². The van der Waals surface area contributed by atoms with E-state index in [4.69, 9.17) is 15.2 Å². The predicted molar refractivity (Wildman–Crippen MR) is 134 cm³/mol. The molecule has 1 fully saturated rings. The highest BCUT2D eigenvalue weighted by molar-refractivity contribution is 8.16. The molecule has 11 heteroatoms. The summed E-state index contributed by atoms with van der Waals surface area (Å²) in [6.45, 7) is 4.52. The van der Waals surface area contributed by atoms with Crippen molar-refractivity contribution < 1.29 is 23.9 Å². The first kappa shape index (κ1) is 24.7. The molecule has 3 N–H and O–H groups in total. The Hall–Kier alpha value is -2.37. The number of anilines is 1. The molecule has 0 bridgehead atoms. The smallest absolute Gasteiger partial charge is 0.341 e. The van der Waals surface area contributed by atoms with Gasteiger partial charge in [-0.05, 0) is 31.2 Å². The molecule has 2 aliphatic heterocycles. The number of carbonyl (C=O) groups is 3. The van der Waals surface area contributed by atoms with Gasteiger partial charge in [0, 0.05) is 30.2 Å². The van der Waals surface area contributed by atoms with E-state index in [-0.39, 0.29) is 17.5 Å². The third-order valence-electron chi connectivity index (χ3n) is 6.08. The minimum Gasteiger partial charge on any atom is -0.465 e. The van der Waals surface area contributed by atoms with Gasteiger partial charge in [0.25, 0.3) is 5.91 Å². The molecule has 2 amide bonds. The molecule has 1 aromatic rings. The fourth-order valence-electron chi connectivity index (χ4n) is 4.27. The lowest BCUT2D eigenvalue weighted by atomic mass is 10.1. The van der Waals surface area contributed by atoms with E-state index in [0.717, 1.165) is 42.5 Å². The molecule has 1 aromatic heterocycles. The fourth-order valence-corrected chi connectivity index (χ4v) is 6.67. The number of nitrogens with zero attached hydrogens (tertiary/aromatic N) is 2. The van der Waals surface area contributed by atoms with Gasteiger partial charge in [0.05, 0.1) is 31.5 Å². The maximum atomic E-state index is 13.3. The molecule has 34 heavy (non-hydrogen) atoms. The summed E-state index contributed by atoms with van der Waals surface area (Å²) < 4.78 is 10.3. The zero-order valence-electron chi connectivity index (χ0n) is 19.5. The molecule has 0 radical (unpaired) electrons. The summed E-state index contributed by atoms with van der Waals surface area (Å²) in [6, 6.07) is 0. The molecule has 3 heterocycles. The second-order valence-corrected chi connectivity index (χ2v) is 10.5. The van der Waals surface area contributed by atoms with Gasteiger partial charge < -0.3 is 25.4 Å². The molecule has 0 unspecified atom stereocenters. The molecule has 0 saturated carbocycles. The number of methoxy groups -OCH3 is 1. The third-order valence-corrected chi connectivity index (χ3v) is 8.55. The van der Waals surface area contributed by atoms with E-state index in [2.05, 4.69) is 17.2 Å². The largest absolute Gasteiger partial charge is 0.465 e. The summed E-state index contributed by atoms with van der Waals surface area (Å²) >= 11 is 2.61. The van der Waals surface area contributed by atoms with Crippen LogP contribution in [0.5, 0.6) is 0 Å². The number of aryl methyl sites for hydroxylation is 1. The van der Waals surface area contributed by atoms with Crippen LogP contribution in [0.3, 0.4) is 0 Å². The molecule has 0 aromatic carbocycles. The molecular formula is C23H30N4O5S2. The van der Waals surface area contributed by atoms with Crippen LogP contribution in [-0.4, -0.2) is 72.9 Å². The number of rotatable bonds is 7. The Morgan fingerprint density at radius 1 is 1.26 bits per heavy atom. The third kappa shape index (κ3) is 4.87. The van der Waals surface area contributed by atoms with Crippen molar-refractivity contribution in [2.75, 3.05) is 45.3 Å². The Labute approximate surface area is 207 Å². The number of ether oxygens (including phenoxy) is 2. The number of amides is 2. The molecule has 184 valence electrons. The molecule has 0 spiro atoms. The van der Waals surface area contributed by atoms with Crippen molar-refractivity contribution in [1.82, 2.24) is 4.90 Å². The van der Waals surface area contributed by atoms with Crippen LogP contribution in [0.25, 0.3) is 0 Å². The average molecular weight is 507 g/mol. The number of hydrogen-bond acceptors (Lipinski definition) is 9. The van der Waals surface area contributed by atoms with Crippen LogP contribution < -0.4 is 11.1 Å². The molecule has 9 nitrogen and oxygen atoms in total. The number of esters is 1. The van der Waals surface area contributed by atoms with Crippen LogP contribution in [0, 0.1) is 0 Å². The van der Waals surface area contributed by atoms with Crippen molar-refractivity contribution >= 4 is 50.9 Å². The van der Waals surface area contributed by atoms with E-state index in [1.807, 2.05) is 0 Å². The SMILES string of the molecule is CCCCN=C1S[C@H](C(=O)Nc2sc3c(c2C(=O)OC)CCC3)C(N)=C1C(=O)N1CCOCC1. The normalized spacial score (nSPS) is 21.2. The van der Waals surface area contributed by atoms with Gasteiger partial charge in [-0.2, -0.15) is 0 Å². The van der Waals surface area contributed by atoms with Gasteiger partial charge in [-0.3, -0.25) is 14.6 Å². The van der Waals surface area contributed by atoms with Crippen molar-refractivity contribution in [2.24, 2.45) is 10.7 Å². The van der Waals surface area contributed by atoms with Gasteiger partial charge in [-0.15, -0.1) is 11.3 Å². The van der Waals surface area contributed by atoms with Crippen LogP contribution in [0.15, 0.2) is 16.3 Å². The minimum absolute atomic E-state index is 0.206. The second-order valence-electron chi connectivity index (χ2n) is 8.32. The lowest BCUT2D eigenvalue weighted by Crippen LogP contribution is -2.42. The second kappa shape index (κ2) is 10.9. The zero-order chi connectivity index (χ0) is 24.2. The topological polar surface area (TPSA) is 123 Å². The highest BCUT2D eigenvalue weighted by Crippen LogP contribution is 2.41. The van der Waals surface area contributed by atoms with E-state index in [1.54, 1.807) is 4.90 Å². The summed E-state index contributed by atoms with van der Waals surface area (Å²) in [5.41, 5.74) is 8.33. The lowest BCUT2D eigenvalue weighted by molar-refractivity contribution is -0.130. The van der Waals surface area contributed by atoms with Gasteiger partial charge >= 0.3 is 5.97 Å². The molecule has 3 aliphatic rings. The summed E-state index contributed by atoms with van der Waals surface area (Å²) in [5, 5.41) is 3.08. The Balaban J connectivity index is 1.60. The number of unbranched alkanes of at least 4 members (excludes halogenated alkanes) is 1. The molecule has 1 atom stereocenters. The first-order valence-electron chi connectivity index (χ1n) is 11.6. The summed E-state index contributed by atoms with van der Waals surface area (Å²) in [7, 11) is 1.34. The first-order valence-corrected chi connectivity index (χ1v) is 13.3. The van der Waals surface area contributed by atoms with Crippen molar-refractivity contribution in [3.8, 4) is 0 Å². The maximum absolute atomic E-state index is 13.3. The number of hydrogen-bond donors (Lipinski definition) is 2. The first-order chi connectivity index (χ1) is 16.5. The van der Waals surface area contributed by atoms with Crippen LogP contribution in [0.4, 0.5) is 5.00 Å². The summed E-state index contributed by atoms with van der Waals surface area (Å²) in [5.74, 6) is -1.05. The van der Waals surface area contributed by atoms with Crippen molar-refractivity contribution in [3.05, 3.63) is 27.3 Å². The Morgan fingerprint density at radius 3 is 2.74 bits per heavy atom. The minimum atomic E-state index is -0.803. The number of nitrogens with one attached hydrogen (secondary N) is 1. The molecule has 1 saturated heterocycles. The average Bonchev–Trinajstić information content (AvgIpc) is 3.52. The number of nitrogens with two attached hydrogens (primary N) is 1. The highest BCUT2D eigenvalue weighted by Gasteiger charge is 2.40. The van der Waals surface area contributed by atoms with Gasteiger partial charge in [-0.25, -0.2) is 4.79 Å². The maximum Gasteiger partial charge on any atom is 0.341 e. The standard InChI is InChI=1S/C23H30N4O5S2/c1-3-4-8-25-20-16(22(29)27-9-11-32-12-10-27)17(24)18(34-20)19(28)26-21-15(23(30)31-2)13-6-5-7-14(13)33-21/h18H,3-12,24H2,1-2H3,(H,26,28)/t18-/m0/s1. The summed E-state index contributed by atoms with van der Waals surface area (Å²) in [6.07, 6.45) is 4.50. The van der Waals surface area contributed by atoms with Crippen molar-refractivity contribution in [3.63, 3.8) is 0 Å². The molecular weight excluding hydrogens is 476 g/mol. The number of thioether (sulfide) groups is 1. The Bertz CT molecular complexity index is 1040. The van der Waals surface area contributed by atoms with E-state index >= 15 is 0 Å². The van der Waals surface area contributed by atoms with Gasteiger partial charge in [0.2, 0.25) is 5.91 Å². The molecule has 4 rings (SSSR count). The van der Waals surface area contributed by atoms with Crippen molar-refractivity contribution in [2.45, 2.75) is 44.3 Å². The van der Waals surface area contributed by atoms with E-state index in [9.17, 15) is 14.4 Å². The quantitative estimate of drug-likeness (QED) is 0.430. The fraction of sp³-hybridized carbons (Fsp3) is 0.565. The van der Waals surface area contributed by atoms with Crippen molar-refractivity contribution in [1.29, 1.82) is 0 Å². The number of fused-ring (bicyclic) bond motifs is 1. The Morgan fingerprint density at radius 2 is 2.03 bits per heavy atom. The van der Waals surface area contributed by atoms with E-state index in [0.29, 0.717) is 54.0 Å². The van der Waals surface area contributed by atoms with Crippen LogP contribution in [0.2, 0.25) is 0 Å². The van der Waals surface area contributed by atoms with Gasteiger partial charge in [0.15, 0.2) is 0 Å². The number of carbonyl (C=O) groups excluding carboxylic acids is 3. The predicted octanol–water partition coefficient (Wildman–Crippen LogP) is 2.35. The number of aliphatic imine (C=N–C) groups is 1. The van der Waals surface area contributed by atoms with E-state index in [1.165, 1.54) is 30.2 Å². The van der Waals surface area contributed by atoms with Gasteiger partial charge in [-0.1, -0.05) is 25.1 Å². The number of morpholine rings is 1.